The quantitative estimate of drug-likeness (QED) is 0.318. The highest BCUT2D eigenvalue weighted by Crippen LogP contribution is 2.65. The third kappa shape index (κ3) is 6.18. The molecule has 1 aliphatic heterocycles. The van der Waals surface area contributed by atoms with Gasteiger partial charge in [0.1, 0.15) is 0 Å². The van der Waals surface area contributed by atoms with Crippen molar-refractivity contribution >= 4 is 11.7 Å². The molecule has 4 heteroatoms. The molecule has 228 valence electrons. The Labute approximate surface area is 251 Å². The predicted octanol–water partition coefficient (Wildman–Crippen LogP) is 8.27. The summed E-state index contributed by atoms with van der Waals surface area (Å²) in [5.74, 6) is 2.39. The molecule has 1 N–H and O–H groups in total. The fourth-order valence-electron chi connectivity index (χ4n) is 8.78. The van der Waals surface area contributed by atoms with Crippen LogP contribution in [0.25, 0.3) is 0 Å². The summed E-state index contributed by atoms with van der Waals surface area (Å²) >= 11 is 0. The number of ketones is 1. The highest BCUT2D eigenvalue weighted by atomic mass is 16.2. The van der Waals surface area contributed by atoms with Gasteiger partial charge in [-0.3, -0.25) is 9.59 Å². The second-order valence-corrected chi connectivity index (χ2v) is 16.2. The number of nitrogens with one attached hydrogen (secondary N) is 1. The first-order valence-corrected chi connectivity index (χ1v) is 16.4. The first kappa shape index (κ1) is 31.8. The van der Waals surface area contributed by atoms with Crippen LogP contribution >= 0.6 is 0 Å². The molecule has 1 heterocycles. The van der Waals surface area contributed by atoms with Crippen LogP contribution in [0, 0.1) is 45.3 Å². The van der Waals surface area contributed by atoms with Crippen LogP contribution in [0.2, 0.25) is 0 Å². The number of nitrogens with zero attached hydrogens (tertiary/aromatic N) is 1. The summed E-state index contributed by atoms with van der Waals surface area (Å²) in [6, 6.07) is 0. The minimum atomic E-state index is -0.0132. The van der Waals surface area contributed by atoms with Crippen LogP contribution in [0.1, 0.15) is 107 Å². The average Bonchev–Trinajstić information content (AvgIpc) is 3.23. The number of piperidine rings is 1. The molecule has 1 amide bonds. The van der Waals surface area contributed by atoms with Gasteiger partial charge in [0.15, 0.2) is 5.78 Å². The van der Waals surface area contributed by atoms with Gasteiger partial charge in [-0.1, -0.05) is 87.1 Å². The van der Waals surface area contributed by atoms with E-state index in [2.05, 4.69) is 97.3 Å². The van der Waals surface area contributed by atoms with Gasteiger partial charge in [0.2, 0.25) is 5.91 Å². The Kier molecular flexibility index (Phi) is 8.95. The average molecular weight is 563 g/mol. The molecular weight excluding hydrogens is 504 g/mol. The van der Waals surface area contributed by atoms with E-state index in [-0.39, 0.29) is 33.5 Å². The molecule has 6 atom stereocenters. The minimum absolute atomic E-state index is 0.0132. The Morgan fingerprint density at radius 3 is 2.39 bits per heavy atom. The molecular formula is C37H58N2O2. The molecule has 0 radical (unpaired) electrons. The van der Waals surface area contributed by atoms with Gasteiger partial charge < -0.3 is 10.2 Å². The number of hydrogen-bond acceptors (Lipinski definition) is 3. The van der Waals surface area contributed by atoms with E-state index in [9.17, 15) is 9.59 Å². The molecule has 0 spiro atoms. The summed E-state index contributed by atoms with van der Waals surface area (Å²) in [5, 5.41) is 3.33. The Bertz CT molecular complexity index is 1130. The second kappa shape index (κ2) is 11.5. The normalized spacial score (nSPS) is 34.2. The van der Waals surface area contributed by atoms with Gasteiger partial charge in [-0.25, -0.2) is 0 Å². The standard InChI is InChI=1S/C37H58N2O2/c1-11-22-39-24-28-29-14-15-31(36(29,9)20-17-30(28)37(10)19-16-27(40)23-32(37)39)33(41)38-21-18-26(35(6,7)8)13-12-25(2)34(3,4)5/h12-13,18,23,28-31H,2,11,14-17,19-22,24H2,1,3-10H3,(H,38,41)/b13-12-,26-18+/t28?,29?,30?,31-,36+,37-/m1/s1. The van der Waals surface area contributed by atoms with Crippen molar-refractivity contribution in [1.82, 2.24) is 10.2 Å². The molecule has 0 aromatic heterocycles. The van der Waals surface area contributed by atoms with Gasteiger partial charge in [0, 0.05) is 49.2 Å². The van der Waals surface area contributed by atoms with E-state index >= 15 is 0 Å². The van der Waals surface area contributed by atoms with E-state index in [1.165, 1.54) is 17.7 Å². The Hall–Kier alpha value is -2.10. The largest absolute Gasteiger partial charge is 0.374 e. The number of rotatable bonds is 7. The molecule has 4 aliphatic rings. The minimum Gasteiger partial charge on any atom is -0.374 e. The fraction of sp³-hybridized carbons (Fsp3) is 0.730. The first-order chi connectivity index (χ1) is 19.0. The molecule has 4 rings (SSSR count). The number of hydrogen-bond donors (Lipinski definition) is 1. The lowest BCUT2D eigenvalue weighted by Crippen LogP contribution is -2.58. The SMILES string of the molecule is C=C(/C=C\C(=C/CNC(=O)[C@H]1CCC2C3CN(CCC)C4=CC(=O)CC[C@]4(C)C3CC[C@@]21C)C(C)(C)C)C(C)(C)C. The van der Waals surface area contributed by atoms with Crippen molar-refractivity contribution in [2.45, 2.75) is 107 Å². The van der Waals surface area contributed by atoms with Crippen LogP contribution in [-0.4, -0.2) is 36.2 Å². The van der Waals surface area contributed by atoms with Gasteiger partial charge in [0.05, 0.1) is 0 Å². The van der Waals surface area contributed by atoms with Gasteiger partial charge >= 0.3 is 0 Å². The summed E-state index contributed by atoms with van der Waals surface area (Å²) in [4.78, 5) is 28.8. The topological polar surface area (TPSA) is 49.4 Å². The maximum absolute atomic E-state index is 13.8. The molecule has 4 nitrogen and oxygen atoms in total. The van der Waals surface area contributed by atoms with E-state index in [0.29, 0.717) is 36.5 Å². The number of fused-ring (bicyclic) bond motifs is 5. The lowest BCUT2D eigenvalue weighted by Gasteiger charge is -2.60. The molecule has 3 aliphatic carbocycles. The van der Waals surface area contributed by atoms with Crippen molar-refractivity contribution in [3.63, 3.8) is 0 Å². The third-order valence-corrected chi connectivity index (χ3v) is 11.5. The number of carbonyl (C=O) groups is 2. The van der Waals surface area contributed by atoms with Gasteiger partial charge in [-0.15, -0.1) is 0 Å². The maximum Gasteiger partial charge on any atom is 0.223 e. The summed E-state index contributed by atoms with van der Waals surface area (Å²) in [6.45, 7) is 27.2. The predicted molar refractivity (Wildman–Crippen MR) is 171 cm³/mol. The lowest BCUT2D eigenvalue weighted by molar-refractivity contribution is -0.134. The number of allylic oxidation sites excluding steroid dienone is 6. The number of carbonyl (C=O) groups excluding carboxylic acids is 2. The first-order valence-electron chi connectivity index (χ1n) is 16.4. The van der Waals surface area contributed by atoms with Crippen molar-refractivity contribution in [1.29, 1.82) is 0 Å². The van der Waals surface area contributed by atoms with Crippen molar-refractivity contribution in [3.8, 4) is 0 Å². The summed E-state index contributed by atoms with van der Waals surface area (Å²) in [7, 11) is 0. The smallest absolute Gasteiger partial charge is 0.223 e. The Balaban J connectivity index is 1.49. The van der Waals surface area contributed by atoms with E-state index in [1.54, 1.807) is 0 Å². The van der Waals surface area contributed by atoms with E-state index in [0.717, 1.165) is 50.8 Å². The van der Waals surface area contributed by atoms with Crippen molar-refractivity contribution < 1.29 is 9.59 Å². The van der Waals surface area contributed by atoms with Gasteiger partial charge in [-0.2, -0.15) is 0 Å². The van der Waals surface area contributed by atoms with Crippen molar-refractivity contribution in [2.24, 2.45) is 45.3 Å². The van der Waals surface area contributed by atoms with Crippen LogP contribution in [-0.2, 0) is 9.59 Å². The summed E-state index contributed by atoms with van der Waals surface area (Å²) in [5.41, 5.74) is 3.81. The van der Waals surface area contributed by atoms with Crippen LogP contribution < -0.4 is 5.32 Å². The summed E-state index contributed by atoms with van der Waals surface area (Å²) < 4.78 is 0. The highest BCUT2D eigenvalue weighted by molar-refractivity contribution is 5.91. The number of amides is 1. The lowest BCUT2D eigenvalue weighted by atomic mass is 9.49. The molecule has 41 heavy (non-hydrogen) atoms. The third-order valence-electron chi connectivity index (χ3n) is 11.5. The van der Waals surface area contributed by atoms with E-state index in [1.807, 2.05) is 6.08 Å². The van der Waals surface area contributed by atoms with E-state index < -0.39 is 0 Å². The molecule has 3 fully saturated rings. The van der Waals surface area contributed by atoms with Gasteiger partial charge in [-0.05, 0) is 83.7 Å². The molecule has 0 aromatic carbocycles. The van der Waals surface area contributed by atoms with Crippen LogP contribution in [0.4, 0.5) is 0 Å². The van der Waals surface area contributed by atoms with Crippen LogP contribution in [0.15, 0.2) is 47.7 Å². The summed E-state index contributed by atoms with van der Waals surface area (Å²) in [6.07, 6.45) is 15.7. The molecule has 2 saturated carbocycles. The zero-order valence-electron chi connectivity index (χ0n) is 27.7. The Morgan fingerprint density at radius 1 is 1.05 bits per heavy atom. The zero-order valence-corrected chi connectivity index (χ0v) is 27.7. The maximum atomic E-state index is 13.8. The molecule has 0 bridgehead atoms. The van der Waals surface area contributed by atoms with Crippen LogP contribution in [0.3, 0.4) is 0 Å². The monoisotopic (exact) mass is 562 g/mol. The molecule has 0 aromatic rings. The molecule has 3 unspecified atom stereocenters. The highest BCUT2D eigenvalue weighted by Gasteiger charge is 2.61. The second-order valence-electron chi connectivity index (χ2n) is 16.2. The fourth-order valence-corrected chi connectivity index (χ4v) is 8.78. The molecule has 1 saturated heterocycles. The zero-order chi connectivity index (χ0) is 30.4. The van der Waals surface area contributed by atoms with Crippen molar-refractivity contribution in [3.05, 3.63) is 47.7 Å². The Morgan fingerprint density at radius 2 is 1.76 bits per heavy atom. The van der Waals surface area contributed by atoms with Crippen LogP contribution in [0.5, 0.6) is 0 Å². The van der Waals surface area contributed by atoms with Crippen molar-refractivity contribution in [2.75, 3.05) is 19.6 Å². The number of likely N-dealkylation sites (tertiary alicyclic amines) is 1. The van der Waals surface area contributed by atoms with E-state index in [4.69, 9.17) is 0 Å². The van der Waals surface area contributed by atoms with Gasteiger partial charge in [0.25, 0.3) is 0 Å².